The molecule has 3 rings (SSSR count). The van der Waals surface area contributed by atoms with E-state index in [0.717, 1.165) is 15.4 Å². The summed E-state index contributed by atoms with van der Waals surface area (Å²) in [5.74, 6) is -0.965. The second-order valence-corrected chi connectivity index (χ2v) is 11.5. The molecule has 2 atom stereocenters. The van der Waals surface area contributed by atoms with Crippen molar-refractivity contribution in [3.8, 4) is 0 Å². The molecule has 11 heteroatoms. The first-order chi connectivity index (χ1) is 18.9. The highest BCUT2D eigenvalue weighted by Gasteiger charge is 2.33. The van der Waals surface area contributed by atoms with Crippen molar-refractivity contribution < 1.29 is 22.9 Å². The van der Waals surface area contributed by atoms with E-state index in [-0.39, 0.29) is 34.8 Å². The van der Waals surface area contributed by atoms with Crippen molar-refractivity contribution in [2.24, 2.45) is 0 Å². The van der Waals surface area contributed by atoms with E-state index in [0.29, 0.717) is 6.42 Å². The lowest BCUT2D eigenvalue weighted by molar-refractivity contribution is -0.384. The Labute approximate surface area is 234 Å². The summed E-state index contributed by atoms with van der Waals surface area (Å²) in [6, 6.07) is 19.0. The molecule has 0 aromatic heterocycles. The van der Waals surface area contributed by atoms with Crippen LogP contribution in [0, 0.1) is 17.0 Å². The maximum absolute atomic E-state index is 13.9. The van der Waals surface area contributed by atoms with Crippen molar-refractivity contribution in [1.29, 1.82) is 0 Å². The van der Waals surface area contributed by atoms with E-state index in [1.165, 1.54) is 41.3 Å². The van der Waals surface area contributed by atoms with Crippen molar-refractivity contribution in [1.82, 2.24) is 10.2 Å². The zero-order chi connectivity index (χ0) is 29.4. The van der Waals surface area contributed by atoms with Crippen molar-refractivity contribution in [2.45, 2.75) is 57.6 Å². The molecule has 0 saturated heterocycles. The maximum Gasteiger partial charge on any atom is 0.269 e. The van der Waals surface area contributed by atoms with Crippen molar-refractivity contribution in [3.63, 3.8) is 0 Å². The summed E-state index contributed by atoms with van der Waals surface area (Å²) in [5.41, 5.74) is 1.66. The number of nitrogens with zero attached hydrogens (tertiary/aromatic N) is 3. The normalized spacial score (nSPS) is 12.7. The molecule has 0 unspecified atom stereocenters. The Hall–Kier alpha value is -4.25. The van der Waals surface area contributed by atoms with Crippen LogP contribution in [-0.4, -0.2) is 48.7 Å². The summed E-state index contributed by atoms with van der Waals surface area (Å²) in [4.78, 5) is 38.8. The molecule has 0 aliphatic carbocycles. The first-order valence-corrected chi connectivity index (χ1v) is 14.4. The van der Waals surface area contributed by atoms with Crippen LogP contribution in [0.3, 0.4) is 0 Å². The number of carbonyl (C=O) groups excluding carboxylic acids is 2. The number of nitro benzene ring substituents is 1. The summed E-state index contributed by atoms with van der Waals surface area (Å²) in [6.07, 6.45) is 0.702. The fraction of sp³-hybridized carbons (Fsp3) is 0.310. The van der Waals surface area contributed by atoms with Crippen LogP contribution in [0.15, 0.2) is 83.8 Å². The van der Waals surface area contributed by atoms with Gasteiger partial charge in [0, 0.05) is 24.7 Å². The number of non-ortho nitro benzene ring substituents is 1. The second kappa shape index (κ2) is 13.2. The summed E-state index contributed by atoms with van der Waals surface area (Å²) < 4.78 is 28.4. The predicted molar refractivity (Wildman–Crippen MR) is 153 cm³/mol. The number of benzene rings is 3. The minimum Gasteiger partial charge on any atom is -0.352 e. The Bertz CT molecular complexity index is 1430. The fourth-order valence-corrected chi connectivity index (χ4v) is 5.36. The number of rotatable bonds is 12. The number of hydrogen-bond acceptors (Lipinski definition) is 6. The maximum atomic E-state index is 13.9. The molecule has 0 saturated carbocycles. The minimum atomic E-state index is -4.25. The molecule has 3 aromatic carbocycles. The number of aryl methyl sites for hydroxylation is 1. The number of nitro groups is 1. The van der Waals surface area contributed by atoms with Crippen LogP contribution in [0.25, 0.3) is 0 Å². The first-order valence-electron chi connectivity index (χ1n) is 12.9. The first kappa shape index (κ1) is 30.3. The molecule has 0 aliphatic rings. The molecule has 3 aromatic rings. The summed E-state index contributed by atoms with van der Waals surface area (Å²) in [7, 11) is -4.25. The van der Waals surface area contributed by atoms with Gasteiger partial charge >= 0.3 is 0 Å². The highest BCUT2D eigenvalue weighted by molar-refractivity contribution is 7.92. The third-order valence-corrected chi connectivity index (χ3v) is 8.39. The van der Waals surface area contributed by atoms with Crippen molar-refractivity contribution >= 4 is 33.2 Å². The summed E-state index contributed by atoms with van der Waals surface area (Å²) in [5, 5.41) is 14.1. The fourth-order valence-electron chi connectivity index (χ4n) is 3.93. The zero-order valence-electron chi connectivity index (χ0n) is 23.0. The average Bonchev–Trinajstić information content (AvgIpc) is 2.95. The number of nitrogens with one attached hydrogen (secondary N) is 1. The largest absolute Gasteiger partial charge is 0.352 e. The molecule has 10 nitrogen and oxygen atoms in total. The van der Waals surface area contributed by atoms with Gasteiger partial charge in [-0.25, -0.2) is 8.42 Å². The molecule has 0 bridgehead atoms. The number of carbonyl (C=O) groups is 2. The molecule has 1 N–H and O–H groups in total. The number of sulfonamides is 1. The molecule has 212 valence electrons. The predicted octanol–water partition coefficient (Wildman–Crippen LogP) is 4.43. The van der Waals surface area contributed by atoms with Gasteiger partial charge in [-0.3, -0.25) is 24.0 Å². The molecular formula is C29H34N4O6S. The highest BCUT2D eigenvalue weighted by Crippen LogP contribution is 2.26. The van der Waals surface area contributed by atoms with Crippen LogP contribution in [-0.2, 0) is 26.2 Å². The topological polar surface area (TPSA) is 130 Å². The van der Waals surface area contributed by atoms with Crippen LogP contribution in [0.2, 0.25) is 0 Å². The van der Waals surface area contributed by atoms with Gasteiger partial charge in [0.25, 0.3) is 15.7 Å². The van der Waals surface area contributed by atoms with Crippen LogP contribution in [0.1, 0.15) is 38.3 Å². The van der Waals surface area contributed by atoms with Gasteiger partial charge in [0.15, 0.2) is 0 Å². The lowest BCUT2D eigenvalue weighted by Crippen LogP contribution is -2.52. The van der Waals surface area contributed by atoms with Crippen LogP contribution in [0.4, 0.5) is 11.4 Å². The number of anilines is 1. The molecular weight excluding hydrogens is 532 g/mol. The van der Waals surface area contributed by atoms with Gasteiger partial charge in [0.05, 0.1) is 15.5 Å². The number of amides is 2. The van der Waals surface area contributed by atoms with Gasteiger partial charge in [-0.1, -0.05) is 55.0 Å². The third-order valence-electron chi connectivity index (χ3n) is 6.60. The quantitative estimate of drug-likeness (QED) is 0.255. The van der Waals surface area contributed by atoms with Gasteiger partial charge in [-0.2, -0.15) is 0 Å². The highest BCUT2D eigenvalue weighted by atomic mass is 32.2. The monoisotopic (exact) mass is 566 g/mol. The smallest absolute Gasteiger partial charge is 0.269 e. The van der Waals surface area contributed by atoms with E-state index in [9.17, 15) is 28.1 Å². The Kier molecular flexibility index (Phi) is 10.0. The van der Waals surface area contributed by atoms with Crippen LogP contribution >= 0.6 is 0 Å². The van der Waals surface area contributed by atoms with E-state index < -0.39 is 33.4 Å². The Morgan fingerprint density at radius 1 is 0.950 bits per heavy atom. The van der Waals surface area contributed by atoms with Crippen LogP contribution < -0.4 is 9.62 Å². The van der Waals surface area contributed by atoms with Gasteiger partial charge in [0.2, 0.25) is 11.8 Å². The second-order valence-electron chi connectivity index (χ2n) is 9.60. The molecule has 0 aliphatic heterocycles. The van der Waals surface area contributed by atoms with E-state index >= 15 is 0 Å². The standard InChI is InChI=1S/C29H34N4O6S/c1-5-22(3)30-29(35)23(4)31(19-24-13-11-21(2)12-14-24)28(34)20-32(25-15-17-26(18-16-25)33(36)37)40(38,39)27-9-7-6-8-10-27/h6-18,22-23H,5,19-20H2,1-4H3,(H,30,35)/t22-,23-/m0/s1. The van der Waals surface area contributed by atoms with Crippen LogP contribution in [0.5, 0.6) is 0 Å². The van der Waals surface area contributed by atoms with Gasteiger partial charge < -0.3 is 10.2 Å². The summed E-state index contributed by atoms with van der Waals surface area (Å²) >= 11 is 0. The molecule has 0 fully saturated rings. The molecule has 2 amide bonds. The van der Waals surface area contributed by atoms with Gasteiger partial charge in [-0.05, 0) is 57.0 Å². The lowest BCUT2D eigenvalue weighted by atomic mass is 10.1. The third kappa shape index (κ3) is 7.44. The molecule has 0 heterocycles. The van der Waals surface area contributed by atoms with E-state index in [4.69, 9.17) is 0 Å². The number of hydrogen-bond donors (Lipinski definition) is 1. The summed E-state index contributed by atoms with van der Waals surface area (Å²) in [6.45, 7) is 6.79. The van der Waals surface area contributed by atoms with Gasteiger partial charge in [-0.15, -0.1) is 0 Å². The van der Waals surface area contributed by atoms with E-state index in [1.807, 2.05) is 45.0 Å². The zero-order valence-corrected chi connectivity index (χ0v) is 23.8. The molecule has 0 spiro atoms. The Morgan fingerprint density at radius 2 is 1.55 bits per heavy atom. The Morgan fingerprint density at radius 3 is 2.10 bits per heavy atom. The molecule has 40 heavy (non-hydrogen) atoms. The molecule has 0 radical (unpaired) electrons. The minimum absolute atomic E-state index is 0.0474. The average molecular weight is 567 g/mol. The van der Waals surface area contributed by atoms with E-state index in [1.54, 1.807) is 25.1 Å². The SMILES string of the molecule is CC[C@H](C)NC(=O)[C@H](C)N(Cc1ccc(C)cc1)C(=O)CN(c1ccc([N+](=O)[O-])cc1)S(=O)(=O)c1ccccc1. The Balaban J connectivity index is 2.02. The van der Waals surface area contributed by atoms with Gasteiger partial charge in [0.1, 0.15) is 12.6 Å². The van der Waals surface area contributed by atoms with Crippen molar-refractivity contribution in [3.05, 3.63) is 100 Å². The lowest BCUT2D eigenvalue weighted by Gasteiger charge is -2.32. The van der Waals surface area contributed by atoms with E-state index in [2.05, 4.69) is 5.32 Å². The van der Waals surface area contributed by atoms with Crippen molar-refractivity contribution in [2.75, 3.05) is 10.8 Å².